The third-order valence-corrected chi connectivity index (χ3v) is 6.50. The first kappa shape index (κ1) is 22.7. The van der Waals surface area contributed by atoms with Crippen molar-refractivity contribution in [3.63, 3.8) is 0 Å². The Labute approximate surface area is 204 Å². The minimum absolute atomic E-state index is 0.0262. The summed E-state index contributed by atoms with van der Waals surface area (Å²) in [5.41, 5.74) is 3.64. The average Bonchev–Trinajstić information content (AvgIpc) is 3.03. The molecule has 4 aromatic rings. The van der Waals surface area contributed by atoms with Crippen LogP contribution < -0.4 is 15.6 Å². The molecule has 3 aromatic carbocycles. The van der Waals surface area contributed by atoms with E-state index in [9.17, 15) is 9.59 Å². The van der Waals surface area contributed by atoms with Crippen LogP contribution in [-0.4, -0.2) is 61.1 Å². The lowest BCUT2D eigenvalue weighted by Crippen LogP contribution is -2.51. The number of urea groups is 1. The lowest BCUT2D eigenvalue weighted by molar-refractivity contribution is 0.168. The van der Waals surface area contributed by atoms with Crippen LogP contribution in [0, 0.1) is 0 Å². The number of hydrogen-bond donors (Lipinski definition) is 1. The second kappa shape index (κ2) is 9.62. The molecule has 0 unspecified atom stereocenters. The van der Waals surface area contributed by atoms with Crippen LogP contribution in [0.3, 0.4) is 0 Å². The van der Waals surface area contributed by atoms with Crippen LogP contribution in [0.5, 0.6) is 0 Å². The van der Waals surface area contributed by atoms with E-state index in [2.05, 4.69) is 27.3 Å². The van der Waals surface area contributed by atoms with E-state index in [1.807, 2.05) is 65.7 Å². The van der Waals surface area contributed by atoms with E-state index in [0.29, 0.717) is 49.0 Å². The maximum atomic E-state index is 13.6. The van der Waals surface area contributed by atoms with Gasteiger partial charge in [-0.05, 0) is 35.2 Å². The first-order chi connectivity index (χ1) is 17.0. The van der Waals surface area contributed by atoms with E-state index in [4.69, 9.17) is 0 Å². The zero-order valence-corrected chi connectivity index (χ0v) is 20.1. The quantitative estimate of drug-likeness (QED) is 0.488. The number of pyridine rings is 1. The van der Waals surface area contributed by atoms with Crippen molar-refractivity contribution in [1.82, 2.24) is 14.8 Å². The highest BCUT2D eigenvalue weighted by molar-refractivity contribution is 5.94. The Morgan fingerprint density at radius 2 is 1.69 bits per heavy atom. The number of amides is 2. The summed E-state index contributed by atoms with van der Waals surface area (Å²) in [6, 6.07) is 21.9. The van der Waals surface area contributed by atoms with Gasteiger partial charge in [0.15, 0.2) is 5.43 Å². The zero-order chi connectivity index (χ0) is 24.4. The van der Waals surface area contributed by atoms with Crippen LogP contribution in [0.1, 0.15) is 5.56 Å². The number of nitrogens with one attached hydrogen (secondary N) is 1. The molecule has 7 nitrogen and oxygen atoms in total. The largest absolute Gasteiger partial charge is 0.381 e. The zero-order valence-electron chi connectivity index (χ0n) is 20.1. The number of carbonyl (C=O) groups is 1. The Kier molecular flexibility index (Phi) is 6.23. The summed E-state index contributed by atoms with van der Waals surface area (Å²) >= 11 is 0. The highest BCUT2D eigenvalue weighted by atomic mass is 16.2. The van der Waals surface area contributed by atoms with Gasteiger partial charge in [0.05, 0.1) is 22.8 Å². The Balaban J connectivity index is 1.44. The van der Waals surface area contributed by atoms with Crippen molar-refractivity contribution in [3.05, 3.63) is 88.7 Å². The molecular weight excluding hydrogens is 438 g/mol. The summed E-state index contributed by atoms with van der Waals surface area (Å²) in [4.78, 5) is 36.1. The molecule has 0 aliphatic carbocycles. The fourth-order valence-electron chi connectivity index (χ4n) is 4.51. The number of nitrogens with zero attached hydrogens (tertiary/aromatic N) is 4. The van der Waals surface area contributed by atoms with Crippen molar-refractivity contribution < 1.29 is 4.79 Å². The van der Waals surface area contributed by atoms with E-state index in [1.54, 1.807) is 19.0 Å². The summed E-state index contributed by atoms with van der Waals surface area (Å²) in [6.07, 6.45) is 1.82. The maximum absolute atomic E-state index is 13.6. The van der Waals surface area contributed by atoms with Crippen LogP contribution in [0.15, 0.2) is 77.7 Å². The summed E-state index contributed by atoms with van der Waals surface area (Å²) in [7, 11) is 3.54. The van der Waals surface area contributed by atoms with Gasteiger partial charge in [-0.2, -0.15) is 0 Å². The van der Waals surface area contributed by atoms with Crippen molar-refractivity contribution in [2.75, 3.05) is 50.5 Å². The van der Waals surface area contributed by atoms with Gasteiger partial charge in [0.25, 0.3) is 0 Å². The lowest BCUT2D eigenvalue weighted by Gasteiger charge is -2.37. The standard InChI is InChI=1S/C28H29N5O2/c1-31(2)28(35)33-14-12-32(13-15-33)23-17-25-26(30-19-23)11-9-21-8-10-22(16-24(21)27(25)34)29-18-20-6-4-3-5-7-20/h3-11,16-17,19,29H,12-15,18H2,1-2H3. The number of rotatable bonds is 4. The van der Waals surface area contributed by atoms with E-state index < -0.39 is 0 Å². The van der Waals surface area contributed by atoms with Crippen molar-refractivity contribution >= 4 is 39.1 Å². The molecule has 1 aromatic heterocycles. The smallest absolute Gasteiger partial charge is 0.319 e. The summed E-state index contributed by atoms with van der Waals surface area (Å²) in [5, 5.41) is 5.58. The number of fused-ring (bicyclic) bond motifs is 2. The minimum atomic E-state index is -0.0286. The van der Waals surface area contributed by atoms with Gasteiger partial charge >= 0.3 is 6.03 Å². The Morgan fingerprint density at radius 1 is 0.943 bits per heavy atom. The van der Waals surface area contributed by atoms with Gasteiger partial charge in [0.2, 0.25) is 0 Å². The molecule has 1 aliphatic heterocycles. The molecule has 1 N–H and O–H groups in total. The van der Waals surface area contributed by atoms with Crippen LogP contribution in [0.25, 0.3) is 21.7 Å². The third kappa shape index (κ3) is 4.75. The fourth-order valence-corrected chi connectivity index (χ4v) is 4.51. The molecule has 0 saturated carbocycles. The van der Waals surface area contributed by atoms with Crippen molar-refractivity contribution in [2.24, 2.45) is 0 Å². The molecule has 2 amide bonds. The monoisotopic (exact) mass is 467 g/mol. The summed E-state index contributed by atoms with van der Waals surface area (Å²) in [5.74, 6) is 0. The van der Waals surface area contributed by atoms with Crippen LogP contribution in [0.2, 0.25) is 0 Å². The van der Waals surface area contributed by atoms with Crippen LogP contribution in [0.4, 0.5) is 16.2 Å². The number of benzene rings is 2. The molecule has 1 aliphatic rings. The van der Waals surface area contributed by atoms with Gasteiger partial charge in [-0.15, -0.1) is 0 Å². The van der Waals surface area contributed by atoms with Gasteiger partial charge in [-0.3, -0.25) is 9.78 Å². The number of aromatic nitrogens is 1. The van der Waals surface area contributed by atoms with Crippen molar-refractivity contribution in [2.45, 2.75) is 6.54 Å². The van der Waals surface area contributed by atoms with Crippen molar-refractivity contribution in [3.8, 4) is 0 Å². The molecule has 0 bridgehead atoms. The Hall–Kier alpha value is -4.13. The molecule has 0 atom stereocenters. The second-order valence-electron chi connectivity index (χ2n) is 9.08. The van der Waals surface area contributed by atoms with E-state index >= 15 is 0 Å². The summed E-state index contributed by atoms with van der Waals surface area (Å²) < 4.78 is 0. The van der Waals surface area contributed by atoms with E-state index in [0.717, 1.165) is 16.8 Å². The molecule has 1 saturated heterocycles. The maximum Gasteiger partial charge on any atom is 0.319 e. The predicted octanol–water partition coefficient (Wildman–Crippen LogP) is 4.16. The predicted molar refractivity (Wildman–Crippen MR) is 142 cm³/mol. The van der Waals surface area contributed by atoms with Crippen LogP contribution in [-0.2, 0) is 6.54 Å². The van der Waals surface area contributed by atoms with Gasteiger partial charge in [0, 0.05) is 57.9 Å². The molecule has 5 rings (SSSR count). The molecule has 178 valence electrons. The number of piperazine rings is 1. The third-order valence-electron chi connectivity index (χ3n) is 6.50. The molecular formula is C28H29N5O2. The molecule has 1 fully saturated rings. The second-order valence-corrected chi connectivity index (χ2v) is 9.08. The van der Waals surface area contributed by atoms with Gasteiger partial charge < -0.3 is 20.0 Å². The SMILES string of the molecule is CN(C)C(=O)N1CCN(c2cnc3ccc4ccc(NCc5ccccc5)cc4c(=O)c3c2)CC1. The highest BCUT2D eigenvalue weighted by Crippen LogP contribution is 2.23. The number of anilines is 2. The van der Waals surface area contributed by atoms with Crippen LogP contribution >= 0.6 is 0 Å². The summed E-state index contributed by atoms with van der Waals surface area (Å²) in [6.45, 7) is 3.37. The molecule has 7 heteroatoms. The molecule has 0 radical (unpaired) electrons. The molecule has 0 spiro atoms. The molecule has 35 heavy (non-hydrogen) atoms. The Morgan fingerprint density at radius 3 is 2.43 bits per heavy atom. The first-order valence-electron chi connectivity index (χ1n) is 11.9. The van der Waals surface area contributed by atoms with E-state index in [-0.39, 0.29) is 11.5 Å². The normalized spacial score (nSPS) is 13.8. The van der Waals surface area contributed by atoms with Gasteiger partial charge in [-0.1, -0.05) is 42.5 Å². The fraction of sp³-hybridized carbons (Fsp3) is 0.250. The number of carbonyl (C=O) groups excluding carboxylic acids is 1. The Bertz CT molecular complexity index is 1430. The number of hydrogen-bond acceptors (Lipinski definition) is 5. The highest BCUT2D eigenvalue weighted by Gasteiger charge is 2.22. The van der Waals surface area contributed by atoms with Gasteiger partial charge in [0.1, 0.15) is 0 Å². The minimum Gasteiger partial charge on any atom is -0.381 e. The first-order valence-corrected chi connectivity index (χ1v) is 11.9. The van der Waals surface area contributed by atoms with Gasteiger partial charge in [-0.25, -0.2) is 4.79 Å². The molecule has 2 heterocycles. The average molecular weight is 468 g/mol. The lowest BCUT2D eigenvalue weighted by atomic mass is 10.1. The van der Waals surface area contributed by atoms with Crippen molar-refractivity contribution in [1.29, 1.82) is 0 Å². The van der Waals surface area contributed by atoms with E-state index in [1.165, 1.54) is 5.56 Å². The topological polar surface area (TPSA) is 68.8 Å².